The summed E-state index contributed by atoms with van der Waals surface area (Å²) in [7, 11) is -3.43. The zero-order valence-corrected chi connectivity index (χ0v) is 11.3. The predicted octanol–water partition coefficient (Wildman–Crippen LogP) is 2.58. The van der Waals surface area contributed by atoms with E-state index in [4.69, 9.17) is 0 Å². The van der Waals surface area contributed by atoms with Crippen LogP contribution in [0.1, 0.15) is 12.0 Å². The molecule has 1 rings (SSSR count). The molecule has 0 fully saturated rings. The summed E-state index contributed by atoms with van der Waals surface area (Å²) in [5.74, 6) is -0.284. The second-order valence-corrected chi connectivity index (χ2v) is 5.61. The number of benzene rings is 1. The molecule has 1 aromatic carbocycles. The Morgan fingerprint density at radius 2 is 1.85 bits per heavy atom. The third-order valence-electron chi connectivity index (χ3n) is 2.32. The molecule has 0 spiro atoms. The van der Waals surface area contributed by atoms with E-state index in [1.54, 1.807) is 0 Å². The van der Waals surface area contributed by atoms with Gasteiger partial charge in [0.2, 0.25) is 10.0 Å². The largest absolute Gasteiger partial charge is 0.573 e. The number of rotatable bonds is 7. The van der Waals surface area contributed by atoms with Crippen molar-refractivity contribution in [3.05, 3.63) is 41.8 Å². The van der Waals surface area contributed by atoms with Crippen LogP contribution in [0.15, 0.2) is 36.3 Å². The molecule has 0 saturated carbocycles. The van der Waals surface area contributed by atoms with Gasteiger partial charge in [-0.1, -0.05) is 18.7 Å². The van der Waals surface area contributed by atoms with Gasteiger partial charge in [0.25, 0.3) is 0 Å². The van der Waals surface area contributed by atoms with Gasteiger partial charge in [-0.3, -0.25) is 0 Å². The van der Waals surface area contributed by atoms with E-state index < -0.39 is 16.4 Å². The van der Waals surface area contributed by atoms with Gasteiger partial charge >= 0.3 is 6.36 Å². The van der Waals surface area contributed by atoms with Crippen molar-refractivity contribution in [3.8, 4) is 5.75 Å². The van der Waals surface area contributed by atoms with Crippen LogP contribution in [-0.4, -0.2) is 21.3 Å². The lowest BCUT2D eigenvalue weighted by atomic mass is 10.1. The van der Waals surface area contributed by atoms with Crippen molar-refractivity contribution < 1.29 is 26.3 Å². The van der Waals surface area contributed by atoms with E-state index in [1.165, 1.54) is 24.3 Å². The Hall–Kier alpha value is -1.54. The van der Waals surface area contributed by atoms with Crippen LogP contribution in [0.25, 0.3) is 0 Å². The lowest BCUT2D eigenvalue weighted by Crippen LogP contribution is -2.22. The molecule has 0 radical (unpaired) electrons. The average molecular weight is 309 g/mol. The second-order valence-electron chi connectivity index (χ2n) is 3.90. The highest BCUT2D eigenvalue weighted by molar-refractivity contribution is 7.92. The molecule has 0 saturated heterocycles. The molecule has 112 valence electrons. The molecule has 4 nitrogen and oxygen atoms in total. The fourth-order valence-electron chi connectivity index (χ4n) is 1.42. The molecule has 8 heteroatoms. The first kappa shape index (κ1) is 16.5. The third kappa shape index (κ3) is 6.58. The summed E-state index contributed by atoms with van der Waals surface area (Å²) in [4.78, 5) is 0. The molecule has 0 unspecified atom stereocenters. The smallest absolute Gasteiger partial charge is 0.406 e. The SMILES string of the molecule is C=CS(=O)(=O)NCCCc1ccc(OC(F)(F)F)cc1. The molecule has 0 amide bonds. The molecule has 0 aliphatic carbocycles. The van der Waals surface area contributed by atoms with Crippen molar-refractivity contribution in [2.75, 3.05) is 6.54 Å². The monoisotopic (exact) mass is 309 g/mol. The van der Waals surface area contributed by atoms with Gasteiger partial charge in [0.1, 0.15) is 5.75 Å². The Kier molecular flexibility index (Phi) is 5.58. The number of alkyl halides is 3. The maximum Gasteiger partial charge on any atom is 0.573 e. The van der Waals surface area contributed by atoms with Crippen LogP contribution in [0.4, 0.5) is 13.2 Å². The van der Waals surface area contributed by atoms with E-state index in [0.717, 1.165) is 11.0 Å². The lowest BCUT2D eigenvalue weighted by Gasteiger charge is -2.09. The number of nitrogens with one attached hydrogen (secondary N) is 1. The number of ether oxygens (including phenoxy) is 1. The van der Waals surface area contributed by atoms with E-state index in [1.807, 2.05) is 0 Å². The first-order valence-electron chi connectivity index (χ1n) is 5.69. The summed E-state index contributed by atoms with van der Waals surface area (Å²) in [5.41, 5.74) is 0.789. The van der Waals surface area contributed by atoms with Crippen LogP contribution in [0.3, 0.4) is 0 Å². The zero-order chi connectivity index (χ0) is 15.2. The van der Waals surface area contributed by atoms with E-state index in [0.29, 0.717) is 12.8 Å². The second kappa shape index (κ2) is 6.76. The van der Waals surface area contributed by atoms with Crippen molar-refractivity contribution in [1.82, 2.24) is 4.72 Å². The highest BCUT2D eigenvalue weighted by Crippen LogP contribution is 2.22. The normalized spacial score (nSPS) is 12.2. The van der Waals surface area contributed by atoms with E-state index in [2.05, 4.69) is 16.0 Å². The Labute approximate surface area is 115 Å². The quantitative estimate of drug-likeness (QED) is 0.788. The van der Waals surface area contributed by atoms with Crippen LogP contribution in [0.2, 0.25) is 0 Å². The Bertz CT molecular complexity index is 538. The minimum Gasteiger partial charge on any atom is -0.406 e. The summed E-state index contributed by atoms with van der Waals surface area (Å²) in [6.45, 7) is 3.38. The number of sulfonamides is 1. The highest BCUT2D eigenvalue weighted by atomic mass is 32.2. The first-order valence-corrected chi connectivity index (χ1v) is 7.23. The van der Waals surface area contributed by atoms with Gasteiger partial charge in [-0.15, -0.1) is 13.2 Å². The predicted molar refractivity (Wildman–Crippen MR) is 68.6 cm³/mol. The molecule has 0 aromatic heterocycles. The molecule has 0 heterocycles. The van der Waals surface area contributed by atoms with Crippen LogP contribution in [0.5, 0.6) is 5.75 Å². The molecule has 0 atom stereocenters. The number of hydrogen-bond donors (Lipinski definition) is 1. The average Bonchev–Trinajstić information content (AvgIpc) is 2.35. The van der Waals surface area contributed by atoms with Gasteiger partial charge in [0.05, 0.1) is 0 Å². The van der Waals surface area contributed by atoms with Gasteiger partial charge in [0.15, 0.2) is 0 Å². The molecule has 1 N–H and O–H groups in total. The standard InChI is InChI=1S/C12H14F3NO3S/c1-2-20(17,18)16-9-3-4-10-5-7-11(8-6-10)19-12(13,14)15/h2,5-8,16H,1,3-4,9H2. The first-order chi connectivity index (χ1) is 9.22. The zero-order valence-electron chi connectivity index (χ0n) is 10.5. The molecular formula is C12H14F3NO3S. The van der Waals surface area contributed by atoms with Gasteiger partial charge < -0.3 is 4.74 Å². The number of aryl methyl sites for hydroxylation is 1. The molecule has 1 aromatic rings. The topological polar surface area (TPSA) is 55.4 Å². The van der Waals surface area contributed by atoms with Gasteiger partial charge in [-0.2, -0.15) is 0 Å². The fraction of sp³-hybridized carbons (Fsp3) is 0.333. The number of halogens is 3. The van der Waals surface area contributed by atoms with E-state index in [9.17, 15) is 21.6 Å². The van der Waals surface area contributed by atoms with Crippen LogP contribution in [-0.2, 0) is 16.4 Å². The minimum atomic E-state index is -4.70. The van der Waals surface area contributed by atoms with E-state index in [-0.39, 0.29) is 12.3 Å². The maximum atomic E-state index is 11.9. The Balaban J connectivity index is 2.41. The van der Waals surface area contributed by atoms with Gasteiger partial charge in [-0.25, -0.2) is 13.1 Å². The van der Waals surface area contributed by atoms with Crippen molar-refractivity contribution in [1.29, 1.82) is 0 Å². The summed E-state index contributed by atoms with van der Waals surface area (Å²) in [6, 6.07) is 5.44. The van der Waals surface area contributed by atoms with Crippen molar-refractivity contribution >= 4 is 10.0 Å². The minimum absolute atomic E-state index is 0.231. The fourth-order valence-corrected chi connectivity index (χ4v) is 1.97. The summed E-state index contributed by atoms with van der Waals surface area (Å²) < 4.78 is 63.9. The summed E-state index contributed by atoms with van der Waals surface area (Å²) in [5, 5.41) is 0.816. The molecule has 20 heavy (non-hydrogen) atoms. The maximum absolute atomic E-state index is 11.9. The Morgan fingerprint density at radius 1 is 1.25 bits per heavy atom. The lowest BCUT2D eigenvalue weighted by molar-refractivity contribution is -0.274. The van der Waals surface area contributed by atoms with Gasteiger partial charge in [-0.05, 0) is 30.5 Å². The van der Waals surface area contributed by atoms with Crippen LogP contribution < -0.4 is 9.46 Å². The highest BCUT2D eigenvalue weighted by Gasteiger charge is 2.30. The van der Waals surface area contributed by atoms with Gasteiger partial charge in [0, 0.05) is 12.0 Å². The summed E-state index contributed by atoms with van der Waals surface area (Å²) in [6.07, 6.45) is -3.65. The third-order valence-corrected chi connectivity index (χ3v) is 3.37. The number of hydrogen-bond acceptors (Lipinski definition) is 3. The van der Waals surface area contributed by atoms with Crippen LogP contribution in [0, 0.1) is 0 Å². The van der Waals surface area contributed by atoms with Crippen molar-refractivity contribution in [3.63, 3.8) is 0 Å². The molecule has 0 aliphatic rings. The molecule has 0 aliphatic heterocycles. The van der Waals surface area contributed by atoms with Crippen molar-refractivity contribution in [2.45, 2.75) is 19.2 Å². The van der Waals surface area contributed by atoms with E-state index >= 15 is 0 Å². The summed E-state index contributed by atoms with van der Waals surface area (Å²) >= 11 is 0. The Morgan fingerprint density at radius 3 is 2.35 bits per heavy atom. The molecule has 0 bridgehead atoms. The van der Waals surface area contributed by atoms with Crippen LogP contribution >= 0.6 is 0 Å². The molecular weight excluding hydrogens is 295 g/mol. The van der Waals surface area contributed by atoms with Crippen molar-refractivity contribution in [2.24, 2.45) is 0 Å².